The van der Waals surface area contributed by atoms with E-state index in [-0.39, 0.29) is 24.8 Å². The van der Waals surface area contributed by atoms with Crippen LogP contribution in [0.25, 0.3) is 0 Å². The van der Waals surface area contributed by atoms with Crippen molar-refractivity contribution in [3.63, 3.8) is 0 Å². The lowest BCUT2D eigenvalue weighted by Gasteiger charge is -2.31. The summed E-state index contributed by atoms with van der Waals surface area (Å²) in [4.78, 5) is 28.4. The summed E-state index contributed by atoms with van der Waals surface area (Å²) in [5.74, 6) is 1.03. The summed E-state index contributed by atoms with van der Waals surface area (Å²) >= 11 is 6.22. The smallest absolute Gasteiger partial charge is 0.242 e. The highest BCUT2D eigenvalue weighted by Gasteiger charge is 2.29. The van der Waals surface area contributed by atoms with E-state index < -0.39 is 6.04 Å². The Labute approximate surface area is 224 Å². The normalized spacial score (nSPS) is 11.5. The molecule has 0 radical (unpaired) electrons. The molecule has 3 aromatic rings. The molecule has 196 valence electrons. The van der Waals surface area contributed by atoms with Crippen molar-refractivity contribution in [2.24, 2.45) is 0 Å². The van der Waals surface area contributed by atoms with Crippen LogP contribution in [0, 0.1) is 0 Å². The van der Waals surface area contributed by atoms with Gasteiger partial charge in [-0.2, -0.15) is 0 Å². The molecule has 0 heterocycles. The monoisotopic (exact) mass is 522 g/mol. The number of benzene rings is 3. The van der Waals surface area contributed by atoms with Crippen molar-refractivity contribution in [3.05, 3.63) is 94.5 Å². The van der Waals surface area contributed by atoms with Crippen molar-refractivity contribution in [2.45, 2.75) is 45.7 Å². The number of halogens is 1. The maximum atomic E-state index is 13.7. The van der Waals surface area contributed by atoms with Crippen LogP contribution in [-0.2, 0) is 29.0 Å². The largest absolute Gasteiger partial charge is 0.490 e. The Bertz CT molecular complexity index is 1170. The van der Waals surface area contributed by atoms with Crippen molar-refractivity contribution in [3.8, 4) is 11.5 Å². The summed E-state index contributed by atoms with van der Waals surface area (Å²) in [5.41, 5.74) is 2.80. The molecule has 3 rings (SSSR count). The average Bonchev–Trinajstić information content (AvgIpc) is 2.91. The highest BCUT2D eigenvalue weighted by atomic mass is 35.5. The van der Waals surface area contributed by atoms with Gasteiger partial charge in [0.1, 0.15) is 6.04 Å². The number of carbonyl (C=O) groups excluding carboxylic acids is 2. The molecular formula is C30H35ClN2O4. The van der Waals surface area contributed by atoms with Crippen molar-refractivity contribution in [2.75, 3.05) is 20.3 Å². The molecule has 0 aliphatic rings. The number of aryl methyl sites for hydroxylation is 1. The molecule has 0 bridgehead atoms. The molecule has 0 aromatic heterocycles. The summed E-state index contributed by atoms with van der Waals surface area (Å²) in [6.07, 6.45) is 1.15. The van der Waals surface area contributed by atoms with Crippen LogP contribution in [0.4, 0.5) is 0 Å². The first-order chi connectivity index (χ1) is 17.9. The SMILES string of the molecule is CCOc1ccc(CCC(=O)N(Cc2cccc(Cl)c2)[C@H](Cc2ccccc2)C(=O)NC)cc1OCC. The molecule has 6 nitrogen and oxygen atoms in total. The van der Waals surface area contributed by atoms with Crippen LogP contribution in [-0.4, -0.2) is 43.0 Å². The van der Waals surface area contributed by atoms with Crippen LogP contribution < -0.4 is 14.8 Å². The van der Waals surface area contributed by atoms with E-state index in [0.717, 1.165) is 16.7 Å². The van der Waals surface area contributed by atoms with Crippen LogP contribution in [0.15, 0.2) is 72.8 Å². The minimum Gasteiger partial charge on any atom is -0.490 e. The molecule has 0 aliphatic carbocycles. The lowest BCUT2D eigenvalue weighted by atomic mass is 10.0. The van der Waals surface area contributed by atoms with E-state index in [2.05, 4.69) is 5.32 Å². The fourth-order valence-electron chi connectivity index (χ4n) is 4.20. The lowest BCUT2D eigenvalue weighted by molar-refractivity contribution is -0.141. The number of nitrogens with one attached hydrogen (secondary N) is 1. The number of carbonyl (C=O) groups is 2. The van der Waals surface area contributed by atoms with Gasteiger partial charge in [-0.15, -0.1) is 0 Å². The Hall–Kier alpha value is -3.51. The molecule has 1 N–H and O–H groups in total. The number of ether oxygens (including phenoxy) is 2. The second-order valence-electron chi connectivity index (χ2n) is 8.62. The van der Waals surface area contributed by atoms with Gasteiger partial charge >= 0.3 is 0 Å². The number of nitrogens with zero attached hydrogens (tertiary/aromatic N) is 1. The molecule has 7 heteroatoms. The predicted octanol–water partition coefficient (Wildman–Crippen LogP) is 5.46. The maximum absolute atomic E-state index is 13.7. The van der Waals surface area contributed by atoms with Crippen molar-refractivity contribution in [1.29, 1.82) is 0 Å². The first-order valence-corrected chi connectivity index (χ1v) is 13.0. The van der Waals surface area contributed by atoms with Gasteiger partial charge in [0.2, 0.25) is 11.8 Å². The molecule has 0 unspecified atom stereocenters. The number of hydrogen-bond acceptors (Lipinski definition) is 4. The Morgan fingerprint density at radius 1 is 0.865 bits per heavy atom. The van der Waals surface area contributed by atoms with E-state index in [9.17, 15) is 9.59 Å². The standard InChI is InChI=1S/C30H35ClN2O4/c1-4-36-27-16-14-23(20-28(27)37-5-2)15-17-29(34)33(21-24-12-9-13-25(31)18-24)26(30(35)32-3)19-22-10-7-6-8-11-22/h6-14,16,18,20,26H,4-5,15,17,19,21H2,1-3H3,(H,32,35)/t26-/m1/s1. The molecule has 0 saturated carbocycles. The van der Waals surface area contributed by atoms with E-state index in [1.807, 2.05) is 80.6 Å². The quantitative estimate of drug-likeness (QED) is 0.324. The van der Waals surface area contributed by atoms with Crippen LogP contribution in [0.5, 0.6) is 11.5 Å². The van der Waals surface area contributed by atoms with Gasteiger partial charge in [-0.1, -0.05) is 60.1 Å². The van der Waals surface area contributed by atoms with Gasteiger partial charge in [0, 0.05) is 31.5 Å². The van der Waals surface area contributed by atoms with Gasteiger partial charge < -0.3 is 19.7 Å². The molecule has 2 amide bonds. The molecule has 1 atom stereocenters. The Morgan fingerprint density at radius 2 is 1.57 bits per heavy atom. The topological polar surface area (TPSA) is 67.9 Å². The zero-order valence-corrected chi connectivity index (χ0v) is 22.5. The minimum absolute atomic E-state index is 0.114. The second kappa shape index (κ2) is 14.3. The number of hydrogen-bond donors (Lipinski definition) is 1. The third-order valence-corrected chi connectivity index (χ3v) is 6.23. The Balaban J connectivity index is 1.86. The second-order valence-corrected chi connectivity index (χ2v) is 9.05. The predicted molar refractivity (Wildman–Crippen MR) is 147 cm³/mol. The molecule has 0 fully saturated rings. The van der Waals surface area contributed by atoms with Crippen LogP contribution in [0.2, 0.25) is 5.02 Å². The fraction of sp³-hybridized carbons (Fsp3) is 0.333. The van der Waals surface area contributed by atoms with E-state index in [4.69, 9.17) is 21.1 Å². The average molecular weight is 523 g/mol. The number of amides is 2. The van der Waals surface area contributed by atoms with Gasteiger partial charge in [0.15, 0.2) is 11.5 Å². The summed E-state index contributed by atoms with van der Waals surface area (Å²) in [6.45, 7) is 5.18. The Morgan fingerprint density at radius 3 is 2.24 bits per heavy atom. The molecule has 37 heavy (non-hydrogen) atoms. The van der Waals surface area contributed by atoms with Gasteiger partial charge in [0.05, 0.1) is 13.2 Å². The molecule has 0 spiro atoms. The van der Waals surface area contributed by atoms with Crippen molar-refractivity contribution < 1.29 is 19.1 Å². The van der Waals surface area contributed by atoms with Crippen LogP contribution in [0.1, 0.15) is 37.0 Å². The van der Waals surface area contributed by atoms with Gasteiger partial charge in [-0.05, 0) is 61.2 Å². The number of rotatable bonds is 13. The number of likely N-dealkylation sites (N-methyl/N-ethyl adjacent to an activating group) is 1. The maximum Gasteiger partial charge on any atom is 0.242 e. The summed E-state index contributed by atoms with van der Waals surface area (Å²) in [5, 5.41) is 3.33. The lowest BCUT2D eigenvalue weighted by Crippen LogP contribution is -2.49. The first kappa shape index (κ1) is 28.1. The molecule has 0 saturated heterocycles. The van der Waals surface area contributed by atoms with E-state index in [0.29, 0.717) is 42.6 Å². The zero-order chi connectivity index (χ0) is 26.6. The van der Waals surface area contributed by atoms with Gasteiger partial charge in [-0.3, -0.25) is 9.59 Å². The summed E-state index contributed by atoms with van der Waals surface area (Å²) in [7, 11) is 1.59. The highest BCUT2D eigenvalue weighted by Crippen LogP contribution is 2.29. The van der Waals surface area contributed by atoms with E-state index in [1.165, 1.54) is 0 Å². The van der Waals surface area contributed by atoms with Crippen LogP contribution >= 0.6 is 11.6 Å². The minimum atomic E-state index is -0.668. The molecular weight excluding hydrogens is 488 g/mol. The highest BCUT2D eigenvalue weighted by molar-refractivity contribution is 6.30. The first-order valence-electron chi connectivity index (χ1n) is 12.6. The zero-order valence-electron chi connectivity index (χ0n) is 21.7. The third-order valence-electron chi connectivity index (χ3n) is 5.99. The summed E-state index contributed by atoms with van der Waals surface area (Å²) < 4.78 is 11.4. The van der Waals surface area contributed by atoms with Crippen molar-refractivity contribution >= 4 is 23.4 Å². The van der Waals surface area contributed by atoms with E-state index >= 15 is 0 Å². The fourth-order valence-corrected chi connectivity index (χ4v) is 4.41. The van der Waals surface area contributed by atoms with Gasteiger partial charge in [-0.25, -0.2) is 0 Å². The van der Waals surface area contributed by atoms with Crippen molar-refractivity contribution in [1.82, 2.24) is 10.2 Å². The third kappa shape index (κ3) is 8.25. The Kier molecular flexibility index (Phi) is 10.8. The summed E-state index contributed by atoms with van der Waals surface area (Å²) in [6, 6.07) is 22.2. The molecule has 0 aliphatic heterocycles. The van der Waals surface area contributed by atoms with E-state index in [1.54, 1.807) is 18.0 Å². The van der Waals surface area contributed by atoms with Crippen LogP contribution in [0.3, 0.4) is 0 Å². The van der Waals surface area contributed by atoms with Gasteiger partial charge in [0.25, 0.3) is 0 Å². The molecule has 3 aromatic carbocycles.